The minimum atomic E-state index is -0.484. The number of carbonyl (C=O) groups is 1. The van der Waals surface area contributed by atoms with Crippen LogP contribution in [-0.4, -0.2) is 82.8 Å². The first-order valence-corrected chi connectivity index (χ1v) is 14.8. The topological polar surface area (TPSA) is 99.5 Å². The predicted octanol–water partition coefficient (Wildman–Crippen LogP) is 5.35. The number of halogens is 2. The average molecular weight is 630 g/mol. The number of nitrogens with zero attached hydrogens (tertiary/aromatic N) is 7. The lowest BCUT2D eigenvalue weighted by atomic mass is 10.1. The number of likely N-dealkylation sites (N-methyl/N-ethyl adjacent to an activating group) is 1. The molecule has 1 N–H and O–H groups in total. The second kappa shape index (κ2) is 12.2. The number of hydrogen-bond acceptors (Lipinski definition) is 8. The van der Waals surface area contributed by atoms with Crippen molar-refractivity contribution in [3.63, 3.8) is 0 Å². The molecule has 6 rings (SSSR count). The van der Waals surface area contributed by atoms with Crippen molar-refractivity contribution >= 4 is 57.3 Å². The van der Waals surface area contributed by atoms with E-state index < -0.39 is 5.56 Å². The summed E-state index contributed by atoms with van der Waals surface area (Å²) in [6.07, 6.45) is 1.47. The normalized spacial score (nSPS) is 13.7. The molecule has 2 aromatic heterocycles. The molecule has 44 heavy (non-hydrogen) atoms. The van der Waals surface area contributed by atoms with E-state index in [4.69, 9.17) is 33.3 Å². The molecular weight excluding hydrogens is 599 g/mol. The van der Waals surface area contributed by atoms with Gasteiger partial charge in [-0.15, -0.1) is 0 Å². The van der Waals surface area contributed by atoms with Gasteiger partial charge in [0, 0.05) is 69.0 Å². The third kappa shape index (κ3) is 5.84. The van der Waals surface area contributed by atoms with Gasteiger partial charge >= 0.3 is 0 Å². The number of carbonyl (C=O) groups excluding carboxylic acids is 1. The van der Waals surface area contributed by atoms with Gasteiger partial charge in [-0.1, -0.05) is 41.4 Å². The van der Waals surface area contributed by atoms with E-state index in [0.29, 0.717) is 28.3 Å². The number of piperazine rings is 1. The number of nitrogens with one attached hydrogen (secondary N) is 1. The molecule has 1 aliphatic rings. The highest BCUT2D eigenvalue weighted by Crippen LogP contribution is 2.31. The molecule has 5 aromatic rings. The lowest BCUT2D eigenvalue weighted by Crippen LogP contribution is -2.44. The maximum Gasteiger partial charge on any atom is 0.282 e. The van der Waals surface area contributed by atoms with Crippen LogP contribution in [0.2, 0.25) is 10.0 Å². The van der Waals surface area contributed by atoms with Gasteiger partial charge in [0.1, 0.15) is 16.9 Å². The fourth-order valence-corrected chi connectivity index (χ4v) is 5.69. The molecule has 224 valence electrons. The van der Waals surface area contributed by atoms with Gasteiger partial charge in [-0.05, 0) is 55.6 Å². The first-order valence-electron chi connectivity index (χ1n) is 14.1. The van der Waals surface area contributed by atoms with Crippen molar-refractivity contribution < 1.29 is 4.79 Å². The Labute approximate surface area is 264 Å². The smallest absolute Gasteiger partial charge is 0.282 e. The third-order valence-corrected chi connectivity index (χ3v) is 8.18. The second-order valence-corrected chi connectivity index (χ2v) is 11.6. The summed E-state index contributed by atoms with van der Waals surface area (Å²) >= 11 is 13.0. The Morgan fingerprint density at radius 3 is 2.30 bits per heavy atom. The molecule has 0 saturated carbocycles. The Bertz CT molecular complexity index is 1900. The molecule has 1 fully saturated rings. The molecule has 0 bridgehead atoms. The molecule has 0 atom stereocenters. The summed E-state index contributed by atoms with van der Waals surface area (Å²) in [6.45, 7) is 4.01. The van der Waals surface area contributed by atoms with Crippen molar-refractivity contribution in [1.29, 1.82) is 0 Å². The van der Waals surface area contributed by atoms with Crippen LogP contribution in [0, 0.1) is 0 Å². The van der Waals surface area contributed by atoms with Gasteiger partial charge in [-0.25, -0.2) is 9.97 Å². The molecule has 1 saturated heterocycles. The number of benzene rings is 3. The number of hydrogen-bond donors (Lipinski definition) is 1. The van der Waals surface area contributed by atoms with Crippen molar-refractivity contribution in [3.05, 3.63) is 98.9 Å². The van der Waals surface area contributed by atoms with Crippen LogP contribution in [0.1, 0.15) is 10.4 Å². The molecule has 1 aliphatic heterocycles. The Morgan fingerprint density at radius 2 is 1.61 bits per heavy atom. The summed E-state index contributed by atoms with van der Waals surface area (Å²) < 4.78 is 1.16. The van der Waals surface area contributed by atoms with Crippen LogP contribution in [0.3, 0.4) is 0 Å². The van der Waals surface area contributed by atoms with Gasteiger partial charge in [0.15, 0.2) is 0 Å². The molecule has 1 amide bonds. The van der Waals surface area contributed by atoms with Gasteiger partial charge in [-0.2, -0.15) is 9.78 Å². The summed E-state index contributed by atoms with van der Waals surface area (Å²) in [5, 5.41) is 8.69. The van der Waals surface area contributed by atoms with Crippen molar-refractivity contribution in [3.8, 4) is 16.9 Å². The zero-order valence-corrected chi connectivity index (χ0v) is 26.0. The van der Waals surface area contributed by atoms with Crippen LogP contribution < -0.4 is 15.8 Å². The maximum absolute atomic E-state index is 13.8. The highest BCUT2D eigenvalue weighted by molar-refractivity contribution is 6.37. The van der Waals surface area contributed by atoms with Gasteiger partial charge in [-0.3, -0.25) is 9.59 Å². The highest BCUT2D eigenvalue weighted by atomic mass is 35.5. The fourth-order valence-electron chi connectivity index (χ4n) is 5.13. The Hall–Kier alpha value is -4.51. The number of amides is 1. The minimum absolute atomic E-state index is 0.171. The van der Waals surface area contributed by atoms with Gasteiger partial charge in [0.2, 0.25) is 5.95 Å². The monoisotopic (exact) mass is 628 g/mol. The minimum Gasteiger partial charge on any atom is -0.369 e. The number of para-hydroxylation sites is 1. The Morgan fingerprint density at radius 1 is 0.932 bits per heavy atom. The SMILES string of the molecule is CN1CCN(c2ccc(Nc3ncc4c(=O)n(-c5c(Cl)cccc5Cl)nc(-c5cccc(C(=O)N(C)C)c5)c4n3)cc2)CC1. The quantitative estimate of drug-likeness (QED) is 0.269. The lowest BCUT2D eigenvalue weighted by molar-refractivity contribution is 0.0827. The molecule has 0 unspecified atom stereocenters. The summed E-state index contributed by atoms with van der Waals surface area (Å²) in [5.74, 6) is 0.122. The lowest BCUT2D eigenvalue weighted by Gasteiger charge is -2.34. The van der Waals surface area contributed by atoms with Crippen molar-refractivity contribution in [1.82, 2.24) is 29.5 Å². The number of rotatable bonds is 6. The van der Waals surface area contributed by atoms with Crippen LogP contribution in [0.25, 0.3) is 27.8 Å². The first kappa shape index (κ1) is 29.6. The molecule has 3 aromatic carbocycles. The molecule has 0 radical (unpaired) electrons. The van der Waals surface area contributed by atoms with E-state index in [-0.39, 0.29) is 27.0 Å². The van der Waals surface area contributed by atoms with Gasteiger partial charge in [0.25, 0.3) is 11.5 Å². The average Bonchev–Trinajstić information content (AvgIpc) is 3.02. The van der Waals surface area contributed by atoms with E-state index in [1.807, 2.05) is 18.2 Å². The standard InChI is InChI=1S/C32H30Cl2N8O2/c1-39(2)30(43)21-7-4-6-20(18-21)27-28-24(31(44)42(38-27)29-25(33)8-5-9-26(29)34)19-35-32(37-28)36-22-10-12-23(13-11-22)41-16-14-40(3)15-17-41/h4-13,18-19H,14-17H2,1-3H3,(H,35,36,37). The number of aromatic nitrogens is 4. The number of anilines is 3. The molecular formula is C32H30Cl2N8O2. The largest absolute Gasteiger partial charge is 0.369 e. The van der Waals surface area contributed by atoms with Crippen molar-refractivity contribution in [2.75, 3.05) is 57.5 Å². The van der Waals surface area contributed by atoms with E-state index in [0.717, 1.165) is 42.2 Å². The zero-order chi connectivity index (χ0) is 31.0. The van der Waals surface area contributed by atoms with Crippen LogP contribution >= 0.6 is 23.2 Å². The number of fused-ring (bicyclic) bond motifs is 1. The van der Waals surface area contributed by atoms with Crippen LogP contribution in [0.5, 0.6) is 0 Å². The predicted molar refractivity (Wildman–Crippen MR) is 176 cm³/mol. The third-order valence-electron chi connectivity index (χ3n) is 7.57. The van der Waals surface area contributed by atoms with Gasteiger partial charge < -0.3 is 20.0 Å². The maximum atomic E-state index is 13.8. The van der Waals surface area contributed by atoms with Crippen molar-refractivity contribution in [2.45, 2.75) is 0 Å². The highest BCUT2D eigenvalue weighted by Gasteiger charge is 2.21. The summed E-state index contributed by atoms with van der Waals surface area (Å²) in [6, 6.07) is 20.1. The van der Waals surface area contributed by atoms with E-state index in [9.17, 15) is 9.59 Å². The summed E-state index contributed by atoms with van der Waals surface area (Å²) in [7, 11) is 5.51. The molecule has 12 heteroatoms. The fraction of sp³-hybridized carbons (Fsp3) is 0.219. The summed E-state index contributed by atoms with van der Waals surface area (Å²) in [5.41, 5.74) is 3.43. The first-order chi connectivity index (χ1) is 21.2. The second-order valence-electron chi connectivity index (χ2n) is 10.8. The van der Waals surface area contributed by atoms with E-state index in [2.05, 4.69) is 39.3 Å². The molecule has 3 heterocycles. The van der Waals surface area contributed by atoms with E-state index in [1.165, 1.54) is 11.1 Å². The molecule has 10 nitrogen and oxygen atoms in total. The van der Waals surface area contributed by atoms with Crippen LogP contribution in [-0.2, 0) is 0 Å². The Kier molecular flexibility index (Phi) is 8.22. The van der Waals surface area contributed by atoms with Crippen LogP contribution in [0.15, 0.2) is 77.7 Å². The van der Waals surface area contributed by atoms with Crippen LogP contribution in [0.4, 0.5) is 17.3 Å². The van der Waals surface area contributed by atoms with Gasteiger partial charge in [0.05, 0.1) is 15.4 Å². The molecule has 0 spiro atoms. The summed E-state index contributed by atoms with van der Waals surface area (Å²) in [4.78, 5) is 41.9. The zero-order valence-electron chi connectivity index (χ0n) is 24.5. The van der Waals surface area contributed by atoms with Crippen molar-refractivity contribution in [2.24, 2.45) is 0 Å². The Balaban J connectivity index is 1.44. The van der Waals surface area contributed by atoms with E-state index in [1.54, 1.807) is 50.5 Å². The molecule has 0 aliphatic carbocycles. The van der Waals surface area contributed by atoms with E-state index >= 15 is 0 Å².